The summed E-state index contributed by atoms with van der Waals surface area (Å²) >= 11 is 0. The highest BCUT2D eigenvalue weighted by Crippen LogP contribution is 2.36. The first-order valence-corrected chi connectivity index (χ1v) is 13.3. The summed E-state index contributed by atoms with van der Waals surface area (Å²) in [6, 6.07) is 31.7. The Bertz CT molecular complexity index is 1810. The molecule has 0 aliphatic carbocycles. The molecule has 197 valence electrons. The third-order valence-corrected chi connectivity index (χ3v) is 7.44. The van der Waals surface area contributed by atoms with Crippen LogP contribution in [0.4, 0.5) is 0 Å². The van der Waals surface area contributed by atoms with Crippen molar-refractivity contribution >= 4 is 34.9 Å². The number of furan rings is 1. The van der Waals surface area contributed by atoms with Gasteiger partial charge in [-0.3, -0.25) is 0 Å². The van der Waals surface area contributed by atoms with Gasteiger partial charge in [0.15, 0.2) is 17.5 Å². The van der Waals surface area contributed by atoms with Crippen LogP contribution in [0.15, 0.2) is 101 Å². The lowest BCUT2D eigenvalue weighted by atomic mass is 9.82. The van der Waals surface area contributed by atoms with Crippen molar-refractivity contribution in [3.63, 3.8) is 0 Å². The first kappa shape index (κ1) is 25.9. The first-order valence-electron chi connectivity index (χ1n) is 13.3. The van der Waals surface area contributed by atoms with Crippen LogP contribution in [0.25, 0.3) is 56.1 Å². The Labute approximate surface area is 234 Å². The van der Waals surface area contributed by atoms with Crippen LogP contribution in [0.5, 0.6) is 0 Å². The van der Waals surface area contributed by atoms with Crippen molar-refractivity contribution in [1.82, 2.24) is 15.0 Å². The minimum Gasteiger partial charge on any atom is -0.456 e. The fourth-order valence-electron chi connectivity index (χ4n) is 4.37. The molecule has 0 unspecified atom stereocenters. The number of hydrogen-bond acceptors (Lipinski definition) is 6. The normalized spacial score (nSPS) is 12.2. The van der Waals surface area contributed by atoms with Gasteiger partial charge < -0.3 is 14.2 Å². The summed E-state index contributed by atoms with van der Waals surface area (Å²) in [7, 11) is 1.67. The number of fused-ring (bicyclic) bond motifs is 3. The molecule has 0 fully saturated rings. The molecule has 1 N–H and O–H groups in total. The highest BCUT2D eigenvalue weighted by Gasteiger charge is 2.35. The zero-order valence-corrected chi connectivity index (χ0v) is 22.9. The second-order valence-electron chi connectivity index (χ2n) is 10.9. The van der Waals surface area contributed by atoms with E-state index >= 15 is 0 Å². The Morgan fingerprint density at radius 2 is 1.25 bits per heavy atom. The van der Waals surface area contributed by atoms with E-state index in [1.54, 1.807) is 21.3 Å². The van der Waals surface area contributed by atoms with Gasteiger partial charge in [0.1, 0.15) is 11.2 Å². The molecule has 0 atom stereocenters. The lowest BCUT2D eigenvalue weighted by Gasteiger charge is -2.37. The molecule has 2 aromatic heterocycles. The smallest absolute Gasteiger partial charge is 0.330 e. The third kappa shape index (κ3) is 4.90. The minimum atomic E-state index is -0.998. The van der Waals surface area contributed by atoms with Crippen molar-refractivity contribution < 1.29 is 14.2 Å². The standard InChI is InChI=1S/C33H29BN3O3/c1-32(2,38)33(3,4)40-34-23-19-17-22(18-20-23)30-35-29(21-11-6-5-7-12-21)36-31(37-30)25-14-10-16-27-28(25)24-13-8-9-15-26(24)39-27/h5-20,38H,1-4H3. The number of aromatic nitrogens is 3. The summed E-state index contributed by atoms with van der Waals surface area (Å²) in [5.41, 5.74) is 3.37. The molecule has 6 nitrogen and oxygen atoms in total. The molecule has 7 heteroatoms. The molecule has 2 heterocycles. The summed E-state index contributed by atoms with van der Waals surface area (Å²) in [6.45, 7) is 7.19. The molecule has 0 bridgehead atoms. The number of para-hydroxylation sites is 1. The highest BCUT2D eigenvalue weighted by molar-refractivity contribution is 6.47. The Kier molecular flexibility index (Phi) is 6.49. The van der Waals surface area contributed by atoms with Crippen LogP contribution in [0.3, 0.4) is 0 Å². The molecule has 1 radical (unpaired) electrons. The van der Waals surface area contributed by atoms with E-state index < -0.39 is 11.2 Å². The third-order valence-electron chi connectivity index (χ3n) is 7.44. The van der Waals surface area contributed by atoms with Crippen molar-refractivity contribution in [3.8, 4) is 34.2 Å². The highest BCUT2D eigenvalue weighted by atomic mass is 16.5. The maximum atomic E-state index is 10.4. The first-order chi connectivity index (χ1) is 19.2. The van der Waals surface area contributed by atoms with Gasteiger partial charge >= 0.3 is 7.48 Å². The van der Waals surface area contributed by atoms with Gasteiger partial charge in [-0.2, -0.15) is 0 Å². The number of nitrogens with zero attached hydrogens (tertiary/aromatic N) is 3. The zero-order chi connectivity index (χ0) is 27.9. The molecule has 0 aliphatic rings. The number of aliphatic hydroxyl groups is 1. The lowest BCUT2D eigenvalue weighted by molar-refractivity contribution is -0.0893. The Morgan fingerprint density at radius 3 is 1.95 bits per heavy atom. The SMILES string of the molecule is CC(C)(O)C(C)(C)O[B]c1ccc(-c2nc(-c3ccccc3)nc(-c3cccc4oc5ccccc5c34)n2)cc1. The van der Waals surface area contributed by atoms with E-state index in [0.717, 1.165) is 44.1 Å². The maximum absolute atomic E-state index is 10.4. The minimum absolute atomic E-state index is 0.568. The van der Waals surface area contributed by atoms with Gasteiger partial charge in [0.05, 0.1) is 11.2 Å². The van der Waals surface area contributed by atoms with E-state index in [-0.39, 0.29) is 0 Å². The van der Waals surface area contributed by atoms with Crippen molar-refractivity contribution in [3.05, 3.63) is 97.1 Å². The van der Waals surface area contributed by atoms with Crippen molar-refractivity contribution in [2.24, 2.45) is 0 Å². The van der Waals surface area contributed by atoms with E-state index in [2.05, 4.69) is 6.07 Å². The van der Waals surface area contributed by atoms with Crippen LogP contribution >= 0.6 is 0 Å². The number of benzene rings is 4. The van der Waals surface area contributed by atoms with Crippen molar-refractivity contribution in [2.45, 2.75) is 38.9 Å². The zero-order valence-electron chi connectivity index (χ0n) is 22.9. The Balaban J connectivity index is 1.43. The Hall–Kier alpha value is -4.33. The van der Waals surface area contributed by atoms with Gasteiger partial charge in [0, 0.05) is 27.5 Å². The van der Waals surface area contributed by atoms with Gasteiger partial charge in [0.25, 0.3) is 0 Å². The van der Waals surface area contributed by atoms with Crippen LogP contribution in [0.2, 0.25) is 0 Å². The molecule has 0 spiro atoms. The summed E-state index contributed by atoms with van der Waals surface area (Å²) < 4.78 is 12.0. The van der Waals surface area contributed by atoms with E-state index in [4.69, 9.17) is 24.0 Å². The molecular weight excluding hydrogens is 497 g/mol. The van der Waals surface area contributed by atoms with Gasteiger partial charge in [-0.1, -0.05) is 90.4 Å². The molecular formula is C33H29BN3O3. The fraction of sp³-hybridized carbons (Fsp3) is 0.182. The summed E-state index contributed by atoms with van der Waals surface area (Å²) in [6.07, 6.45) is 0. The molecule has 6 aromatic rings. The second-order valence-corrected chi connectivity index (χ2v) is 10.9. The van der Waals surface area contributed by atoms with Crippen LogP contribution in [-0.2, 0) is 4.65 Å². The molecule has 0 saturated heterocycles. The van der Waals surface area contributed by atoms with Crippen LogP contribution < -0.4 is 5.46 Å². The van der Waals surface area contributed by atoms with E-state index in [0.29, 0.717) is 17.5 Å². The topological polar surface area (TPSA) is 81.3 Å². The predicted octanol–water partition coefficient (Wildman–Crippen LogP) is 6.58. The lowest BCUT2D eigenvalue weighted by Crippen LogP contribution is -2.49. The molecule has 0 amide bonds. The molecule has 6 rings (SSSR count). The van der Waals surface area contributed by atoms with E-state index in [1.807, 2.05) is 105 Å². The van der Waals surface area contributed by atoms with E-state index in [9.17, 15) is 5.11 Å². The largest absolute Gasteiger partial charge is 0.456 e. The van der Waals surface area contributed by atoms with Gasteiger partial charge in [-0.05, 0) is 39.8 Å². The summed E-state index contributed by atoms with van der Waals surface area (Å²) in [5.74, 6) is 1.74. The van der Waals surface area contributed by atoms with E-state index in [1.165, 1.54) is 0 Å². The maximum Gasteiger partial charge on any atom is 0.330 e. The van der Waals surface area contributed by atoms with Crippen molar-refractivity contribution in [2.75, 3.05) is 0 Å². The average molecular weight is 526 g/mol. The van der Waals surface area contributed by atoms with Crippen LogP contribution in [-0.4, -0.2) is 38.7 Å². The van der Waals surface area contributed by atoms with Crippen LogP contribution in [0, 0.1) is 0 Å². The predicted molar refractivity (Wildman–Crippen MR) is 160 cm³/mol. The number of rotatable bonds is 7. The van der Waals surface area contributed by atoms with Crippen molar-refractivity contribution in [1.29, 1.82) is 0 Å². The van der Waals surface area contributed by atoms with Crippen LogP contribution in [0.1, 0.15) is 27.7 Å². The Morgan fingerprint density at radius 1 is 0.650 bits per heavy atom. The van der Waals surface area contributed by atoms with Gasteiger partial charge in [-0.25, -0.2) is 15.0 Å². The molecule has 4 aromatic carbocycles. The molecule has 40 heavy (non-hydrogen) atoms. The molecule has 0 aliphatic heterocycles. The summed E-state index contributed by atoms with van der Waals surface area (Å²) in [4.78, 5) is 14.7. The van der Waals surface area contributed by atoms with Gasteiger partial charge in [0.2, 0.25) is 0 Å². The monoisotopic (exact) mass is 526 g/mol. The fourth-order valence-corrected chi connectivity index (χ4v) is 4.37. The molecule has 0 saturated carbocycles. The van der Waals surface area contributed by atoms with Gasteiger partial charge in [-0.15, -0.1) is 0 Å². The second kappa shape index (κ2) is 10.0. The average Bonchev–Trinajstić information content (AvgIpc) is 3.35. The quantitative estimate of drug-likeness (QED) is 0.237. The summed E-state index contributed by atoms with van der Waals surface area (Å²) in [5, 5.41) is 12.4. The number of hydrogen-bond donors (Lipinski definition) is 1.